The van der Waals surface area contributed by atoms with Crippen LogP contribution in [-0.2, 0) is 48.4 Å². The number of hydrogen-bond acceptors (Lipinski definition) is 3. The minimum atomic E-state index is -4.64. The molecule has 0 aliphatic carbocycles. The van der Waals surface area contributed by atoms with Gasteiger partial charge in [-0.05, 0) is 0 Å². The Kier molecular flexibility index (Phi) is 22.7. The van der Waals surface area contributed by atoms with E-state index in [4.69, 9.17) is 57.7 Å². The smallest absolute Gasteiger partial charge is 0.303 e. The zero-order chi connectivity index (χ0) is 13.5. The maximum Gasteiger partial charge on any atom is 3.00 e. The first-order valence-corrected chi connectivity index (χ1v) is 7.04. The Bertz CT molecular complexity index is 206. The molecular formula is H9Cr2O12P3+6. The van der Waals surface area contributed by atoms with Gasteiger partial charge in [0.25, 0.3) is 0 Å². The van der Waals surface area contributed by atoms with Gasteiger partial charge in [0.1, 0.15) is 0 Å². The molecule has 0 aliphatic rings. The first kappa shape index (κ1) is 31.0. The van der Waals surface area contributed by atoms with Gasteiger partial charge in [-0.15, -0.1) is 0 Å². The summed E-state index contributed by atoms with van der Waals surface area (Å²) < 4.78 is 26.6. The Morgan fingerprint density at radius 3 is 0.412 bits per heavy atom. The van der Waals surface area contributed by atoms with Gasteiger partial charge in [0.2, 0.25) is 0 Å². The van der Waals surface area contributed by atoms with Crippen LogP contribution >= 0.6 is 23.5 Å². The molecule has 0 spiro atoms. The van der Waals surface area contributed by atoms with Crippen molar-refractivity contribution in [3.63, 3.8) is 0 Å². The van der Waals surface area contributed by atoms with Crippen molar-refractivity contribution in [1.82, 2.24) is 0 Å². The van der Waals surface area contributed by atoms with Crippen LogP contribution in [0.15, 0.2) is 0 Å². The van der Waals surface area contributed by atoms with E-state index >= 15 is 0 Å². The summed E-state index contributed by atoms with van der Waals surface area (Å²) in [5.41, 5.74) is 0. The van der Waals surface area contributed by atoms with E-state index < -0.39 is 23.5 Å². The third-order valence-electron chi connectivity index (χ3n) is 0. The molecule has 2 radical (unpaired) electrons. The van der Waals surface area contributed by atoms with Crippen molar-refractivity contribution < 1.29 is 92.5 Å². The maximum atomic E-state index is 8.88. The van der Waals surface area contributed by atoms with Crippen LogP contribution in [0.4, 0.5) is 0 Å². The fourth-order valence-corrected chi connectivity index (χ4v) is 0. The fraction of sp³-hybridized carbons (Fsp3) is 0. The summed E-state index contributed by atoms with van der Waals surface area (Å²) in [6.07, 6.45) is 0. The summed E-state index contributed by atoms with van der Waals surface area (Å²) in [5, 5.41) is 0. The fourth-order valence-electron chi connectivity index (χ4n) is 0. The normalized spacial score (nSPS) is 10.4. The molecule has 0 aromatic carbocycles. The molecule has 0 aromatic heterocycles. The summed E-state index contributed by atoms with van der Waals surface area (Å²) in [7, 11) is -13.9. The second-order valence-electron chi connectivity index (χ2n) is 1.54. The molecule has 0 unspecified atom stereocenters. The number of phosphoric acid groups is 3. The molecule has 0 atom stereocenters. The molecule has 0 saturated carbocycles. The SMILES string of the molecule is O=P(O)(O)O.O=P(O)(O)O.O=P(O)(O)O.[Cr+3].[Cr+3]. The van der Waals surface area contributed by atoms with Gasteiger partial charge in [-0.2, -0.15) is 0 Å². The summed E-state index contributed by atoms with van der Waals surface area (Å²) in [5.74, 6) is 0. The molecule has 12 nitrogen and oxygen atoms in total. The van der Waals surface area contributed by atoms with Gasteiger partial charge >= 0.3 is 58.2 Å². The second-order valence-corrected chi connectivity index (χ2v) is 4.62. The van der Waals surface area contributed by atoms with Gasteiger partial charge in [0.05, 0.1) is 0 Å². The third-order valence-corrected chi connectivity index (χ3v) is 0. The van der Waals surface area contributed by atoms with Crippen molar-refractivity contribution in [3.05, 3.63) is 0 Å². The van der Waals surface area contributed by atoms with Gasteiger partial charge < -0.3 is 44.0 Å². The molecule has 0 rings (SSSR count). The Morgan fingerprint density at radius 1 is 0.412 bits per heavy atom. The molecule has 9 N–H and O–H groups in total. The Labute approximate surface area is 116 Å². The predicted octanol–water partition coefficient (Wildman–Crippen LogP) is -2.79. The molecule has 0 bridgehead atoms. The maximum absolute atomic E-state index is 8.88. The first-order chi connectivity index (χ1) is 6.00. The molecule has 17 heavy (non-hydrogen) atoms. The summed E-state index contributed by atoms with van der Waals surface area (Å²) in [4.78, 5) is 64.7. The molecular weight excluding hydrogens is 389 g/mol. The monoisotopic (exact) mass is 398 g/mol. The summed E-state index contributed by atoms with van der Waals surface area (Å²) in [6.45, 7) is 0. The molecule has 0 aliphatic heterocycles. The van der Waals surface area contributed by atoms with Crippen molar-refractivity contribution in [1.29, 1.82) is 0 Å². The van der Waals surface area contributed by atoms with Crippen molar-refractivity contribution in [2.75, 3.05) is 0 Å². The quantitative estimate of drug-likeness (QED) is 0.188. The average Bonchev–Trinajstić information content (AvgIpc) is 1.41. The number of hydrogen-bond donors (Lipinski definition) is 9. The minimum absolute atomic E-state index is 0. The van der Waals surface area contributed by atoms with E-state index in [9.17, 15) is 0 Å². The molecule has 0 amide bonds. The van der Waals surface area contributed by atoms with E-state index in [0.29, 0.717) is 0 Å². The van der Waals surface area contributed by atoms with Crippen LogP contribution in [0.2, 0.25) is 0 Å². The topological polar surface area (TPSA) is 233 Å². The van der Waals surface area contributed by atoms with E-state index in [1.807, 2.05) is 0 Å². The zero-order valence-corrected chi connectivity index (χ0v) is 12.6. The van der Waals surface area contributed by atoms with Crippen molar-refractivity contribution in [2.24, 2.45) is 0 Å². The van der Waals surface area contributed by atoms with Crippen LogP contribution in [0.5, 0.6) is 0 Å². The summed E-state index contributed by atoms with van der Waals surface area (Å²) >= 11 is 0. The van der Waals surface area contributed by atoms with Gasteiger partial charge in [-0.25, -0.2) is 13.7 Å². The van der Waals surface area contributed by atoms with Crippen LogP contribution in [-0.4, -0.2) is 44.0 Å². The van der Waals surface area contributed by atoms with Crippen LogP contribution in [0.1, 0.15) is 0 Å². The Morgan fingerprint density at radius 2 is 0.412 bits per heavy atom. The Hall–Kier alpha value is 1.39. The molecule has 0 aromatic rings. The predicted molar refractivity (Wildman–Crippen MR) is 42.8 cm³/mol. The van der Waals surface area contributed by atoms with E-state index in [1.54, 1.807) is 0 Å². The second kappa shape index (κ2) is 12.4. The van der Waals surface area contributed by atoms with E-state index in [0.717, 1.165) is 0 Å². The third kappa shape index (κ3) is 2120. The number of rotatable bonds is 0. The van der Waals surface area contributed by atoms with Crippen LogP contribution < -0.4 is 0 Å². The standard InChI is InChI=1S/2Cr.3H3O4P/c;;3*1-5(2,3)4/h;;3*(H3,1,2,3,4)/q2*+3;;;. The summed E-state index contributed by atoms with van der Waals surface area (Å²) in [6, 6.07) is 0. The van der Waals surface area contributed by atoms with Crippen LogP contribution in [0.25, 0.3) is 0 Å². The van der Waals surface area contributed by atoms with Crippen LogP contribution in [0.3, 0.4) is 0 Å². The average molecular weight is 398 g/mol. The molecule has 0 heterocycles. The molecule has 102 valence electrons. The van der Waals surface area contributed by atoms with Gasteiger partial charge in [0, 0.05) is 0 Å². The molecule has 0 fully saturated rings. The largest absolute Gasteiger partial charge is 3.00 e. The first-order valence-electron chi connectivity index (χ1n) is 2.35. The Balaban J connectivity index is -0.0000000400. The van der Waals surface area contributed by atoms with Crippen molar-refractivity contribution in [2.45, 2.75) is 0 Å². The van der Waals surface area contributed by atoms with Gasteiger partial charge in [0.15, 0.2) is 0 Å². The van der Waals surface area contributed by atoms with Crippen molar-refractivity contribution >= 4 is 23.5 Å². The van der Waals surface area contributed by atoms with E-state index in [2.05, 4.69) is 0 Å². The van der Waals surface area contributed by atoms with Crippen molar-refractivity contribution in [3.8, 4) is 0 Å². The van der Waals surface area contributed by atoms with Crippen LogP contribution in [0, 0.1) is 0 Å². The van der Waals surface area contributed by atoms with E-state index in [-0.39, 0.29) is 34.7 Å². The van der Waals surface area contributed by atoms with Gasteiger partial charge in [-0.1, -0.05) is 0 Å². The molecule has 17 heteroatoms. The van der Waals surface area contributed by atoms with E-state index in [1.165, 1.54) is 0 Å². The zero-order valence-electron chi connectivity index (χ0n) is 7.41. The minimum Gasteiger partial charge on any atom is -0.303 e. The molecule has 0 saturated heterocycles. The van der Waals surface area contributed by atoms with Gasteiger partial charge in [-0.3, -0.25) is 0 Å².